The van der Waals surface area contributed by atoms with E-state index in [1.165, 1.54) is 154 Å². The quantitative estimate of drug-likeness (QED) is 0.0447. The average molecular weight is 1120 g/mol. The first-order chi connectivity index (χ1) is 39.3. The van der Waals surface area contributed by atoms with Gasteiger partial charge in [0, 0.05) is 25.7 Å². The summed E-state index contributed by atoms with van der Waals surface area (Å²) in [4.78, 5) is 72.4. The van der Waals surface area contributed by atoms with Crippen molar-refractivity contribution in [3.05, 3.63) is 48.6 Å². The number of nitrogens with zero attached hydrogens (tertiary/aromatic N) is 2. The summed E-state index contributed by atoms with van der Waals surface area (Å²) in [6.45, 7) is 9.03. The fourth-order valence-corrected chi connectivity index (χ4v) is 10.6. The molecule has 80 heavy (non-hydrogen) atoms. The van der Waals surface area contributed by atoms with E-state index in [2.05, 4.69) is 76.3 Å². The Kier molecular flexibility index (Phi) is 61.0. The zero-order valence-corrected chi connectivity index (χ0v) is 53.7. The Labute approximate surface area is 497 Å². The van der Waals surface area contributed by atoms with E-state index in [9.17, 15) is 24.0 Å². The Morgan fingerprint density at radius 3 is 0.500 bits per heavy atom. The standard InChI is InChI=1S/C73H132N2O5/c1-5-9-13-17-21-25-29-33-37-41-45-49-53-57-61-65-69(76)74(70(77)66-62-58-54-50-46-42-38-34-30-26-22-18-14-10-6-2)73(80)75(71(78)67-63-59-55-51-47-43-39-35-31-27-23-19-15-11-7-3)72(79)68-64-60-56-52-48-44-40-36-32-28-24-20-16-12-8-4/h33-40H,5-32,41-68H2,1-4H3. The molecule has 0 aromatic carbocycles. The number of allylic oxidation sites excluding steroid dienone is 8. The van der Waals surface area contributed by atoms with Crippen LogP contribution in [-0.2, 0) is 19.2 Å². The lowest BCUT2D eigenvalue weighted by Gasteiger charge is -2.26. The summed E-state index contributed by atoms with van der Waals surface area (Å²) < 4.78 is 0. The first kappa shape index (κ1) is 76.9. The van der Waals surface area contributed by atoms with Gasteiger partial charge in [-0.25, -0.2) is 4.79 Å². The Bertz CT molecular complexity index is 1320. The van der Waals surface area contributed by atoms with Crippen LogP contribution in [0.25, 0.3) is 0 Å². The predicted molar refractivity (Wildman–Crippen MR) is 347 cm³/mol. The van der Waals surface area contributed by atoms with Gasteiger partial charge in [0.05, 0.1) is 0 Å². The largest absolute Gasteiger partial charge is 0.347 e. The van der Waals surface area contributed by atoms with Crippen LogP contribution in [0.1, 0.15) is 387 Å². The Morgan fingerprint density at radius 2 is 0.338 bits per heavy atom. The van der Waals surface area contributed by atoms with Gasteiger partial charge >= 0.3 is 6.03 Å². The monoisotopic (exact) mass is 1120 g/mol. The van der Waals surface area contributed by atoms with Gasteiger partial charge in [-0.05, 0) is 128 Å². The molecule has 0 aromatic heterocycles. The number of carbonyl (C=O) groups excluding carboxylic acids is 5. The number of amides is 6. The lowest BCUT2D eigenvalue weighted by Crippen LogP contribution is -2.53. The van der Waals surface area contributed by atoms with E-state index in [1.807, 2.05) is 0 Å². The summed E-state index contributed by atoms with van der Waals surface area (Å²) in [5.41, 5.74) is 0. The Morgan fingerprint density at radius 1 is 0.200 bits per heavy atom. The highest BCUT2D eigenvalue weighted by Gasteiger charge is 2.37. The zero-order valence-electron chi connectivity index (χ0n) is 53.7. The molecule has 0 heterocycles. The third-order valence-corrected chi connectivity index (χ3v) is 16.0. The minimum absolute atomic E-state index is 0.0424. The molecule has 0 aromatic rings. The van der Waals surface area contributed by atoms with Gasteiger partial charge in [-0.2, -0.15) is 9.80 Å². The molecule has 0 aliphatic carbocycles. The minimum atomic E-state index is -1.05. The predicted octanol–water partition coefficient (Wildman–Crippen LogP) is 24.0. The first-order valence-corrected chi connectivity index (χ1v) is 35.2. The van der Waals surface area contributed by atoms with Gasteiger partial charge < -0.3 is 0 Å². The summed E-state index contributed by atoms with van der Waals surface area (Å²) >= 11 is 0. The maximum atomic E-state index is 14.6. The van der Waals surface area contributed by atoms with Crippen LogP contribution in [0.4, 0.5) is 4.79 Å². The summed E-state index contributed by atoms with van der Waals surface area (Å²) in [6, 6.07) is -1.05. The summed E-state index contributed by atoms with van der Waals surface area (Å²) in [5.74, 6) is -2.34. The van der Waals surface area contributed by atoms with Crippen molar-refractivity contribution in [2.24, 2.45) is 0 Å². The van der Waals surface area contributed by atoms with Crippen LogP contribution in [0.2, 0.25) is 0 Å². The highest BCUT2D eigenvalue weighted by atomic mass is 16.2. The molecule has 0 unspecified atom stereocenters. The number of hydrogen-bond acceptors (Lipinski definition) is 5. The van der Waals surface area contributed by atoms with E-state index in [-0.39, 0.29) is 25.7 Å². The second kappa shape index (κ2) is 63.5. The third kappa shape index (κ3) is 51.8. The van der Waals surface area contributed by atoms with Crippen LogP contribution in [0.15, 0.2) is 48.6 Å². The summed E-state index contributed by atoms with van der Waals surface area (Å²) in [6.07, 6.45) is 77.3. The molecule has 0 saturated heterocycles. The number of imide groups is 6. The highest BCUT2D eigenvalue weighted by Crippen LogP contribution is 2.20. The molecule has 0 spiro atoms. The zero-order chi connectivity index (χ0) is 58.3. The molecular formula is C73H132N2O5. The smallest absolute Gasteiger partial charge is 0.274 e. The minimum Gasteiger partial charge on any atom is -0.274 e. The van der Waals surface area contributed by atoms with Crippen LogP contribution in [0.5, 0.6) is 0 Å². The van der Waals surface area contributed by atoms with Gasteiger partial charge in [-0.3, -0.25) is 19.2 Å². The third-order valence-electron chi connectivity index (χ3n) is 16.0. The Balaban J connectivity index is 5.62. The van der Waals surface area contributed by atoms with Crippen molar-refractivity contribution >= 4 is 29.7 Å². The van der Waals surface area contributed by atoms with Gasteiger partial charge in [0.2, 0.25) is 23.6 Å². The average Bonchev–Trinajstić information content (AvgIpc) is 3.49. The number of unbranched alkanes of at least 4 members (excludes halogenated alkanes) is 44. The van der Waals surface area contributed by atoms with Crippen LogP contribution in [-0.4, -0.2) is 39.5 Å². The molecule has 0 aliphatic rings. The molecule has 0 fully saturated rings. The van der Waals surface area contributed by atoms with Crippen molar-refractivity contribution in [3.8, 4) is 0 Å². The molecule has 0 aliphatic heterocycles. The lowest BCUT2D eigenvalue weighted by atomic mass is 10.1. The van der Waals surface area contributed by atoms with Crippen LogP contribution < -0.4 is 0 Å². The number of hydrogen-bond donors (Lipinski definition) is 0. The second-order valence-electron chi connectivity index (χ2n) is 23.9. The SMILES string of the molecule is CCCCCCCCC=CCCCCCCCC(=O)N(C(=O)CCCCCCCC=CCCCCCCCC)C(=O)N(C(=O)CCCCCCCC=CCCCCCCCC)C(=O)CCCCCCCC=CCCCCCCCC. The molecule has 464 valence electrons. The molecule has 0 radical (unpaired) electrons. The van der Waals surface area contributed by atoms with Gasteiger partial charge in [0.15, 0.2) is 0 Å². The lowest BCUT2D eigenvalue weighted by molar-refractivity contribution is -0.145. The second-order valence-corrected chi connectivity index (χ2v) is 23.9. The van der Waals surface area contributed by atoms with Gasteiger partial charge in [0.1, 0.15) is 0 Å². The summed E-state index contributed by atoms with van der Waals surface area (Å²) in [5, 5.41) is 0. The van der Waals surface area contributed by atoms with Gasteiger partial charge in [-0.1, -0.05) is 282 Å². The Hall–Kier alpha value is -3.09. The van der Waals surface area contributed by atoms with Crippen LogP contribution >= 0.6 is 0 Å². The molecule has 6 amide bonds. The van der Waals surface area contributed by atoms with Crippen LogP contribution in [0, 0.1) is 0 Å². The van der Waals surface area contributed by atoms with Gasteiger partial charge in [0.25, 0.3) is 0 Å². The first-order valence-electron chi connectivity index (χ1n) is 35.2. The van der Waals surface area contributed by atoms with E-state index in [1.54, 1.807) is 0 Å². The van der Waals surface area contributed by atoms with E-state index < -0.39 is 29.7 Å². The number of carbonyl (C=O) groups is 5. The fraction of sp³-hybridized carbons (Fsp3) is 0.822. The van der Waals surface area contributed by atoms with Crippen molar-refractivity contribution in [1.29, 1.82) is 0 Å². The van der Waals surface area contributed by atoms with Crippen molar-refractivity contribution in [1.82, 2.24) is 9.80 Å². The van der Waals surface area contributed by atoms with E-state index in [0.29, 0.717) is 35.5 Å². The molecule has 0 N–H and O–H groups in total. The highest BCUT2D eigenvalue weighted by molar-refractivity contribution is 6.19. The topological polar surface area (TPSA) is 91.8 Å². The van der Waals surface area contributed by atoms with E-state index >= 15 is 0 Å². The normalized spacial score (nSPS) is 11.8. The fourth-order valence-electron chi connectivity index (χ4n) is 10.6. The molecule has 0 bridgehead atoms. The van der Waals surface area contributed by atoms with Crippen molar-refractivity contribution in [3.63, 3.8) is 0 Å². The molecule has 0 atom stereocenters. The van der Waals surface area contributed by atoms with E-state index in [0.717, 1.165) is 154 Å². The molecule has 7 heteroatoms. The summed E-state index contributed by atoms with van der Waals surface area (Å²) in [7, 11) is 0. The molecular weight excluding hydrogens is 985 g/mol. The van der Waals surface area contributed by atoms with Crippen molar-refractivity contribution < 1.29 is 24.0 Å². The number of urea groups is 1. The number of rotatable bonds is 60. The maximum absolute atomic E-state index is 14.6. The maximum Gasteiger partial charge on any atom is 0.347 e. The molecule has 0 saturated carbocycles. The van der Waals surface area contributed by atoms with Gasteiger partial charge in [-0.15, -0.1) is 0 Å². The van der Waals surface area contributed by atoms with Crippen molar-refractivity contribution in [2.45, 2.75) is 387 Å². The van der Waals surface area contributed by atoms with Crippen LogP contribution in [0.3, 0.4) is 0 Å². The van der Waals surface area contributed by atoms with Crippen molar-refractivity contribution in [2.75, 3.05) is 0 Å². The van der Waals surface area contributed by atoms with E-state index in [4.69, 9.17) is 0 Å². The molecule has 0 rings (SSSR count). The molecule has 7 nitrogen and oxygen atoms in total.